The SMILES string of the molecule is CCOc1cccc(NC(=S)Nc2ccc(F)cc2)c1. The minimum absolute atomic E-state index is 0.279. The van der Waals surface area contributed by atoms with Crippen molar-refractivity contribution in [3.63, 3.8) is 0 Å². The highest BCUT2D eigenvalue weighted by molar-refractivity contribution is 7.80. The van der Waals surface area contributed by atoms with E-state index in [4.69, 9.17) is 17.0 Å². The summed E-state index contributed by atoms with van der Waals surface area (Å²) in [4.78, 5) is 0. The lowest BCUT2D eigenvalue weighted by Gasteiger charge is -2.11. The largest absolute Gasteiger partial charge is 0.494 e. The van der Waals surface area contributed by atoms with Crippen LogP contribution in [0.5, 0.6) is 5.75 Å². The van der Waals surface area contributed by atoms with Crippen LogP contribution < -0.4 is 15.4 Å². The highest BCUT2D eigenvalue weighted by Gasteiger charge is 2.01. The Balaban J connectivity index is 1.97. The molecule has 2 aromatic carbocycles. The minimum atomic E-state index is -0.279. The van der Waals surface area contributed by atoms with Crippen molar-refractivity contribution in [2.45, 2.75) is 6.92 Å². The molecule has 20 heavy (non-hydrogen) atoms. The maximum atomic E-state index is 12.8. The van der Waals surface area contributed by atoms with E-state index in [-0.39, 0.29) is 5.82 Å². The quantitative estimate of drug-likeness (QED) is 0.833. The molecule has 0 atom stereocenters. The van der Waals surface area contributed by atoms with Gasteiger partial charge in [-0.3, -0.25) is 0 Å². The third-order valence-electron chi connectivity index (χ3n) is 2.50. The van der Waals surface area contributed by atoms with E-state index in [1.807, 2.05) is 31.2 Å². The van der Waals surface area contributed by atoms with Crippen molar-refractivity contribution in [2.24, 2.45) is 0 Å². The molecule has 104 valence electrons. The Labute approximate surface area is 122 Å². The van der Waals surface area contributed by atoms with Gasteiger partial charge in [0, 0.05) is 17.4 Å². The average molecular weight is 290 g/mol. The van der Waals surface area contributed by atoms with E-state index in [0.717, 1.165) is 17.1 Å². The number of hydrogen-bond acceptors (Lipinski definition) is 2. The highest BCUT2D eigenvalue weighted by Crippen LogP contribution is 2.17. The molecular formula is C15H15FN2OS. The second-order valence-corrected chi connectivity index (χ2v) is 4.46. The first-order valence-electron chi connectivity index (χ1n) is 6.24. The Bertz CT molecular complexity index is 587. The van der Waals surface area contributed by atoms with Crippen LogP contribution in [0.2, 0.25) is 0 Å². The number of thiocarbonyl (C=S) groups is 1. The van der Waals surface area contributed by atoms with E-state index in [9.17, 15) is 4.39 Å². The van der Waals surface area contributed by atoms with Gasteiger partial charge in [-0.1, -0.05) is 6.07 Å². The van der Waals surface area contributed by atoms with E-state index in [0.29, 0.717) is 11.7 Å². The van der Waals surface area contributed by atoms with Gasteiger partial charge >= 0.3 is 0 Å². The van der Waals surface area contributed by atoms with E-state index >= 15 is 0 Å². The number of nitrogens with one attached hydrogen (secondary N) is 2. The third kappa shape index (κ3) is 4.20. The lowest BCUT2D eigenvalue weighted by molar-refractivity contribution is 0.340. The molecule has 0 spiro atoms. The lowest BCUT2D eigenvalue weighted by Crippen LogP contribution is -2.19. The van der Waals surface area contributed by atoms with Crippen molar-refractivity contribution in [1.82, 2.24) is 0 Å². The van der Waals surface area contributed by atoms with Gasteiger partial charge in [-0.25, -0.2) is 4.39 Å². The number of ether oxygens (including phenoxy) is 1. The molecule has 0 amide bonds. The summed E-state index contributed by atoms with van der Waals surface area (Å²) in [5.41, 5.74) is 1.56. The molecule has 0 aliphatic carbocycles. The van der Waals surface area contributed by atoms with E-state index in [2.05, 4.69) is 10.6 Å². The zero-order chi connectivity index (χ0) is 14.4. The van der Waals surface area contributed by atoms with Crippen LogP contribution in [0.4, 0.5) is 15.8 Å². The first-order valence-corrected chi connectivity index (χ1v) is 6.64. The van der Waals surface area contributed by atoms with Crippen LogP contribution in [0.15, 0.2) is 48.5 Å². The van der Waals surface area contributed by atoms with Gasteiger partial charge in [-0.2, -0.15) is 0 Å². The summed E-state index contributed by atoms with van der Waals surface area (Å²) < 4.78 is 18.2. The predicted molar refractivity (Wildman–Crippen MR) is 83.9 cm³/mol. The molecule has 2 N–H and O–H groups in total. The van der Waals surface area contributed by atoms with E-state index < -0.39 is 0 Å². The van der Waals surface area contributed by atoms with Crippen LogP contribution in [-0.4, -0.2) is 11.7 Å². The van der Waals surface area contributed by atoms with Gasteiger partial charge in [0.2, 0.25) is 0 Å². The Hall–Kier alpha value is -2.14. The van der Waals surface area contributed by atoms with Crippen LogP contribution in [0, 0.1) is 5.82 Å². The first kappa shape index (κ1) is 14.3. The van der Waals surface area contributed by atoms with Crippen molar-refractivity contribution in [3.05, 3.63) is 54.3 Å². The molecule has 0 heterocycles. The van der Waals surface area contributed by atoms with Gasteiger partial charge in [0.15, 0.2) is 5.11 Å². The Morgan fingerprint density at radius 2 is 1.80 bits per heavy atom. The third-order valence-corrected chi connectivity index (χ3v) is 2.71. The summed E-state index contributed by atoms with van der Waals surface area (Å²) in [5.74, 6) is 0.501. The molecule has 0 aliphatic rings. The van der Waals surface area contributed by atoms with Gasteiger partial charge in [0.25, 0.3) is 0 Å². The number of anilines is 2. The van der Waals surface area contributed by atoms with Crippen LogP contribution in [0.3, 0.4) is 0 Å². The summed E-state index contributed by atoms with van der Waals surface area (Å²) in [7, 11) is 0. The molecule has 0 unspecified atom stereocenters. The lowest BCUT2D eigenvalue weighted by atomic mass is 10.3. The van der Waals surface area contributed by atoms with Crippen LogP contribution in [0.1, 0.15) is 6.92 Å². The number of hydrogen-bond donors (Lipinski definition) is 2. The van der Waals surface area contributed by atoms with E-state index in [1.54, 1.807) is 12.1 Å². The van der Waals surface area contributed by atoms with Crippen molar-refractivity contribution in [3.8, 4) is 5.75 Å². The Morgan fingerprint density at radius 1 is 1.10 bits per heavy atom. The number of halogens is 1. The summed E-state index contributed by atoms with van der Waals surface area (Å²) in [6.07, 6.45) is 0. The first-order chi connectivity index (χ1) is 9.67. The molecule has 0 bridgehead atoms. The molecule has 0 fully saturated rings. The number of benzene rings is 2. The zero-order valence-corrected chi connectivity index (χ0v) is 11.8. The molecule has 2 rings (SSSR count). The van der Waals surface area contributed by atoms with Crippen molar-refractivity contribution >= 4 is 28.7 Å². The van der Waals surface area contributed by atoms with Crippen molar-refractivity contribution < 1.29 is 9.13 Å². The average Bonchev–Trinajstić information content (AvgIpc) is 2.42. The van der Waals surface area contributed by atoms with E-state index in [1.165, 1.54) is 12.1 Å². The number of rotatable bonds is 4. The standard InChI is InChI=1S/C15H15FN2OS/c1-2-19-14-5-3-4-13(10-14)18-15(20)17-12-8-6-11(16)7-9-12/h3-10H,2H2,1H3,(H2,17,18,20). The van der Waals surface area contributed by atoms with Crippen LogP contribution in [0.25, 0.3) is 0 Å². The van der Waals surface area contributed by atoms with Gasteiger partial charge in [0.05, 0.1) is 6.61 Å². The summed E-state index contributed by atoms with van der Waals surface area (Å²) in [6, 6.07) is 13.5. The van der Waals surface area contributed by atoms with Gasteiger partial charge in [-0.05, 0) is 55.5 Å². The minimum Gasteiger partial charge on any atom is -0.494 e. The zero-order valence-electron chi connectivity index (χ0n) is 11.0. The second kappa shape index (κ2) is 6.86. The van der Waals surface area contributed by atoms with Crippen LogP contribution >= 0.6 is 12.2 Å². The maximum Gasteiger partial charge on any atom is 0.175 e. The van der Waals surface area contributed by atoms with Crippen molar-refractivity contribution in [1.29, 1.82) is 0 Å². The fraction of sp³-hybridized carbons (Fsp3) is 0.133. The van der Waals surface area contributed by atoms with Gasteiger partial charge in [0.1, 0.15) is 11.6 Å². The molecule has 0 aromatic heterocycles. The monoisotopic (exact) mass is 290 g/mol. The van der Waals surface area contributed by atoms with Crippen molar-refractivity contribution in [2.75, 3.05) is 17.2 Å². The second-order valence-electron chi connectivity index (χ2n) is 4.05. The predicted octanol–water partition coefficient (Wildman–Crippen LogP) is 4.03. The maximum absolute atomic E-state index is 12.8. The summed E-state index contributed by atoms with van der Waals surface area (Å²) in [6.45, 7) is 2.54. The van der Waals surface area contributed by atoms with Gasteiger partial charge < -0.3 is 15.4 Å². The topological polar surface area (TPSA) is 33.3 Å². The molecule has 0 radical (unpaired) electrons. The normalized spacial score (nSPS) is 9.90. The fourth-order valence-corrected chi connectivity index (χ4v) is 1.89. The fourth-order valence-electron chi connectivity index (χ4n) is 1.66. The molecule has 0 saturated heterocycles. The summed E-state index contributed by atoms with van der Waals surface area (Å²) in [5, 5.41) is 6.47. The molecule has 2 aromatic rings. The molecule has 0 aliphatic heterocycles. The van der Waals surface area contributed by atoms with Gasteiger partial charge in [-0.15, -0.1) is 0 Å². The molecule has 0 saturated carbocycles. The highest BCUT2D eigenvalue weighted by atomic mass is 32.1. The molecule has 3 nitrogen and oxygen atoms in total. The smallest absolute Gasteiger partial charge is 0.175 e. The summed E-state index contributed by atoms with van der Waals surface area (Å²) >= 11 is 5.20. The Morgan fingerprint density at radius 3 is 2.50 bits per heavy atom. The Kier molecular flexibility index (Phi) is 4.90. The molecule has 5 heteroatoms. The van der Waals surface area contributed by atoms with Crippen LogP contribution in [-0.2, 0) is 0 Å². The molecular weight excluding hydrogens is 275 g/mol.